The zero-order valence-electron chi connectivity index (χ0n) is 9.94. The number of rotatable bonds is 2. The number of hydrogen-bond donors (Lipinski definition) is 0. The van der Waals surface area contributed by atoms with Gasteiger partial charge in [-0.3, -0.25) is 0 Å². The van der Waals surface area contributed by atoms with E-state index in [-0.39, 0.29) is 10.0 Å². The van der Waals surface area contributed by atoms with Crippen LogP contribution in [-0.4, -0.2) is 0 Å². The lowest BCUT2D eigenvalue weighted by Crippen LogP contribution is -2.04. The maximum atomic E-state index is 6.22. The first-order chi connectivity index (χ1) is 9.30. The summed E-state index contributed by atoms with van der Waals surface area (Å²) in [4.78, 5) is 0. The molecule has 0 bridgehead atoms. The fraction of sp³-hybridized carbons (Fsp3) is 0.143. The van der Waals surface area contributed by atoms with E-state index in [9.17, 15) is 0 Å². The SMILES string of the molecule is Clc1c(Cc2ccccc2)cc(C(Cl)(Cl)Cl)c(Cl)c1Cl. The Morgan fingerprint density at radius 2 is 1.40 bits per heavy atom. The lowest BCUT2D eigenvalue weighted by molar-refractivity contribution is 1.15. The van der Waals surface area contributed by atoms with Crippen LogP contribution < -0.4 is 0 Å². The summed E-state index contributed by atoms with van der Waals surface area (Å²) >= 11 is 36.2. The van der Waals surface area contributed by atoms with Crippen LogP contribution in [0.1, 0.15) is 16.7 Å². The summed E-state index contributed by atoms with van der Waals surface area (Å²) < 4.78 is -1.66. The predicted octanol–water partition coefficient (Wildman–Crippen LogP) is 7.06. The van der Waals surface area contributed by atoms with E-state index in [4.69, 9.17) is 69.6 Å². The Hall–Kier alpha value is 0.180. The summed E-state index contributed by atoms with van der Waals surface area (Å²) in [5.74, 6) is 0. The van der Waals surface area contributed by atoms with Gasteiger partial charge in [-0.2, -0.15) is 0 Å². The van der Waals surface area contributed by atoms with Crippen LogP contribution in [0.5, 0.6) is 0 Å². The molecular weight excluding hydrogens is 381 g/mol. The average Bonchev–Trinajstić information content (AvgIpc) is 2.39. The second-order valence-corrected chi connectivity index (χ2v) is 7.60. The lowest BCUT2D eigenvalue weighted by atomic mass is 10.0. The van der Waals surface area contributed by atoms with Crippen molar-refractivity contribution in [1.29, 1.82) is 0 Å². The van der Waals surface area contributed by atoms with Crippen molar-refractivity contribution in [3.8, 4) is 0 Å². The molecule has 0 fully saturated rings. The molecule has 0 aromatic heterocycles. The highest BCUT2D eigenvalue weighted by molar-refractivity contribution is 6.67. The van der Waals surface area contributed by atoms with E-state index in [1.165, 1.54) is 0 Å². The normalized spacial score (nSPS) is 11.7. The van der Waals surface area contributed by atoms with Gasteiger partial charge in [0.1, 0.15) is 0 Å². The monoisotopic (exact) mass is 386 g/mol. The van der Waals surface area contributed by atoms with Gasteiger partial charge in [-0.15, -0.1) is 0 Å². The summed E-state index contributed by atoms with van der Waals surface area (Å²) in [5.41, 5.74) is 2.15. The Labute approximate surface area is 147 Å². The smallest absolute Gasteiger partial charge is 0.0823 e. The minimum Gasteiger partial charge on any atom is -0.0823 e. The molecule has 0 amide bonds. The second-order valence-electron chi connectivity index (χ2n) is 4.19. The molecule has 0 radical (unpaired) electrons. The van der Waals surface area contributed by atoms with Gasteiger partial charge in [0.25, 0.3) is 0 Å². The number of hydrogen-bond acceptors (Lipinski definition) is 0. The van der Waals surface area contributed by atoms with Gasteiger partial charge in [-0.25, -0.2) is 0 Å². The van der Waals surface area contributed by atoms with Crippen LogP contribution in [0, 0.1) is 0 Å². The highest BCUT2D eigenvalue weighted by Crippen LogP contribution is 2.47. The first-order valence-electron chi connectivity index (χ1n) is 5.58. The van der Waals surface area contributed by atoms with E-state index in [0.717, 1.165) is 11.1 Å². The van der Waals surface area contributed by atoms with Gasteiger partial charge in [0.05, 0.1) is 15.1 Å². The average molecular weight is 389 g/mol. The van der Waals surface area contributed by atoms with Crippen molar-refractivity contribution in [2.45, 2.75) is 10.2 Å². The Bertz CT molecular complexity index is 616. The minimum atomic E-state index is -1.66. The van der Waals surface area contributed by atoms with E-state index in [1.807, 2.05) is 30.3 Å². The van der Waals surface area contributed by atoms with E-state index < -0.39 is 3.79 Å². The van der Waals surface area contributed by atoms with Gasteiger partial charge >= 0.3 is 0 Å². The first kappa shape index (κ1) is 16.5. The number of halogens is 6. The van der Waals surface area contributed by atoms with Crippen LogP contribution in [0.25, 0.3) is 0 Å². The van der Waals surface area contributed by atoms with Gasteiger partial charge in [0.2, 0.25) is 3.79 Å². The fourth-order valence-corrected chi connectivity index (χ4v) is 3.18. The zero-order chi connectivity index (χ0) is 14.9. The number of alkyl halides is 3. The Morgan fingerprint density at radius 3 is 1.95 bits per heavy atom. The molecule has 0 saturated carbocycles. The molecule has 2 aromatic carbocycles. The number of benzene rings is 2. The van der Waals surface area contributed by atoms with Crippen molar-refractivity contribution in [3.63, 3.8) is 0 Å². The summed E-state index contributed by atoms with van der Waals surface area (Å²) in [6.07, 6.45) is 0.574. The molecule has 2 aromatic rings. The van der Waals surface area contributed by atoms with Crippen molar-refractivity contribution < 1.29 is 0 Å². The highest BCUT2D eigenvalue weighted by Gasteiger charge is 2.29. The summed E-state index contributed by atoms with van der Waals surface area (Å²) in [5, 5.41) is 0.732. The lowest BCUT2D eigenvalue weighted by Gasteiger charge is -2.17. The third-order valence-corrected chi connectivity index (χ3v) is 4.77. The molecule has 0 saturated heterocycles. The summed E-state index contributed by atoms with van der Waals surface area (Å²) in [6, 6.07) is 11.5. The van der Waals surface area contributed by atoms with Gasteiger partial charge in [-0.05, 0) is 23.6 Å². The van der Waals surface area contributed by atoms with E-state index in [1.54, 1.807) is 6.07 Å². The van der Waals surface area contributed by atoms with Gasteiger partial charge in [0.15, 0.2) is 0 Å². The molecule has 2 rings (SSSR count). The van der Waals surface area contributed by atoms with Crippen LogP contribution in [0.3, 0.4) is 0 Å². The standard InChI is InChI=1S/C14H8Cl6/c15-11-9(6-8-4-2-1-3-5-8)7-10(14(18,19)20)12(16)13(11)17/h1-5,7H,6H2. The van der Waals surface area contributed by atoms with Crippen molar-refractivity contribution in [2.24, 2.45) is 0 Å². The topological polar surface area (TPSA) is 0 Å². The quantitative estimate of drug-likeness (QED) is 0.381. The van der Waals surface area contributed by atoms with Gasteiger partial charge in [0, 0.05) is 5.56 Å². The van der Waals surface area contributed by atoms with Gasteiger partial charge < -0.3 is 0 Å². The molecule has 0 unspecified atom stereocenters. The molecule has 0 aliphatic heterocycles. The van der Waals surface area contributed by atoms with Crippen molar-refractivity contribution in [1.82, 2.24) is 0 Å². The van der Waals surface area contributed by atoms with E-state index in [0.29, 0.717) is 17.0 Å². The Morgan fingerprint density at radius 1 is 0.800 bits per heavy atom. The Balaban J connectivity index is 2.51. The van der Waals surface area contributed by atoms with Crippen molar-refractivity contribution in [2.75, 3.05) is 0 Å². The molecule has 20 heavy (non-hydrogen) atoms. The summed E-state index contributed by atoms with van der Waals surface area (Å²) in [7, 11) is 0. The second kappa shape index (κ2) is 6.52. The summed E-state index contributed by atoms with van der Waals surface area (Å²) in [6.45, 7) is 0. The van der Waals surface area contributed by atoms with Gasteiger partial charge in [-0.1, -0.05) is 99.9 Å². The van der Waals surface area contributed by atoms with Crippen molar-refractivity contribution >= 4 is 69.6 Å². The molecule has 106 valence electrons. The van der Waals surface area contributed by atoms with E-state index >= 15 is 0 Å². The molecule has 0 aliphatic rings. The Kier molecular flexibility index (Phi) is 5.40. The van der Waals surface area contributed by atoms with Crippen LogP contribution in [0.4, 0.5) is 0 Å². The molecule has 0 nitrogen and oxygen atoms in total. The van der Waals surface area contributed by atoms with Crippen LogP contribution >= 0.6 is 69.6 Å². The molecule has 6 heteroatoms. The third-order valence-electron chi connectivity index (χ3n) is 2.77. The van der Waals surface area contributed by atoms with Crippen LogP contribution in [0.15, 0.2) is 36.4 Å². The molecule has 0 N–H and O–H groups in total. The first-order valence-corrected chi connectivity index (χ1v) is 7.85. The zero-order valence-corrected chi connectivity index (χ0v) is 14.5. The predicted molar refractivity (Wildman–Crippen MR) is 90.0 cm³/mol. The van der Waals surface area contributed by atoms with Crippen LogP contribution in [-0.2, 0) is 10.2 Å². The molecular formula is C14H8Cl6. The largest absolute Gasteiger partial charge is 0.217 e. The third kappa shape index (κ3) is 3.68. The minimum absolute atomic E-state index is 0.161. The fourth-order valence-electron chi connectivity index (χ4n) is 1.81. The molecule has 0 heterocycles. The van der Waals surface area contributed by atoms with Crippen molar-refractivity contribution in [3.05, 3.63) is 68.2 Å². The highest BCUT2D eigenvalue weighted by atomic mass is 35.6. The molecule has 0 atom stereocenters. The van der Waals surface area contributed by atoms with E-state index in [2.05, 4.69) is 0 Å². The molecule has 0 aliphatic carbocycles. The molecule has 0 spiro atoms. The van der Waals surface area contributed by atoms with Crippen LogP contribution in [0.2, 0.25) is 15.1 Å². The maximum Gasteiger partial charge on any atom is 0.217 e. The maximum absolute atomic E-state index is 6.22.